The minimum atomic E-state index is -0.00569. The zero-order valence-corrected chi connectivity index (χ0v) is 7.87. The Hall–Kier alpha value is -0.0800. The van der Waals surface area contributed by atoms with E-state index in [2.05, 4.69) is 11.9 Å². The van der Waals surface area contributed by atoms with E-state index < -0.39 is 0 Å². The minimum absolute atomic E-state index is 0.00569. The Balaban J connectivity index is 1.80. The SMILES string of the molecule is CN(C1CCC(O)CC1)C1CC1. The molecule has 0 aromatic heterocycles. The van der Waals surface area contributed by atoms with Gasteiger partial charge >= 0.3 is 0 Å². The lowest BCUT2D eigenvalue weighted by Gasteiger charge is -2.33. The summed E-state index contributed by atoms with van der Waals surface area (Å²) in [5, 5.41) is 9.34. The fourth-order valence-corrected chi connectivity index (χ4v) is 2.25. The molecule has 0 spiro atoms. The van der Waals surface area contributed by atoms with Crippen molar-refractivity contribution in [2.75, 3.05) is 7.05 Å². The van der Waals surface area contributed by atoms with Gasteiger partial charge in [0.1, 0.15) is 0 Å². The summed E-state index contributed by atoms with van der Waals surface area (Å²) in [6, 6.07) is 1.64. The smallest absolute Gasteiger partial charge is 0.0541 e. The third kappa shape index (κ3) is 1.80. The highest BCUT2D eigenvalue weighted by atomic mass is 16.3. The Kier molecular flexibility index (Phi) is 2.37. The lowest BCUT2D eigenvalue weighted by Crippen LogP contribution is -2.37. The highest BCUT2D eigenvalue weighted by Crippen LogP contribution is 2.32. The van der Waals surface area contributed by atoms with E-state index in [4.69, 9.17) is 0 Å². The second-order valence-corrected chi connectivity index (χ2v) is 4.36. The summed E-state index contributed by atoms with van der Waals surface area (Å²) in [5.41, 5.74) is 0. The van der Waals surface area contributed by atoms with Crippen LogP contribution in [0.15, 0.2) is 0 Å². The second-order valence-electron chi connectivity index (χ2n) is 4.36. The van der Waals surface area contributed by atoms with E-state index in [1.54, 1.807) is 0 Å². The highest BCUT2D eigenvalue weighted by molar-refractivity contribution is 4.88. The Morgan fingerprint density at radius 3 is 1.75 bits per heavy atom. The van der Waals surface area contributed by atoms with Gasteiger partial charge in [-0.3, -0.25) is 0 Å². The first kappa shape index (κ1) is 8.52. The Bertz CT molecular complexity index is 148. The van der Waals surface area contributed by atoms with Crippen molar-refractivity contribution in [3.05, 3.63) is 0 Å². The quantitative estimate of drug-likeness (QED) is 0.675. The van der Waals surface area contributed by atoms with Crippen molar-refractivity contribution in [3.63, 3.8) is 0 Å². The van der Waals surface area contributed by atoms with Crippen molar-refractivity contribution in [2.45, 2.75) is 56.7 Å². The Labute approximate surface area is 74.6 Å². The van der Waals surface area contributed by atoms with Crippen molar-refractivity contribution in [1.82, 2.24) is 4.90 Å². The van der Waals surface area contributed by atoms with E-state index in [1.807, 2.05) is 0 Å². The maximum absolute atomic E-state index is 9.34. The predicted molar refractivity (Wildman–Crippen MR) is 49.0 cm³/mol. The van der Waals surface area contributed by atoms with Crippen molar-refractivity contribution >= 4 is 0 Å². The van der Waals surface area contributed by atoms with E-state index in [1.165, 1.54) is 25.7 Å². The van der Waals surface area contributed by atoms with Crippen molar-refractivity contribution in [2.24, 2.45) is 0 Å². The van der Waals surface area contributed by atoms with Crippen LogP contribution in [0.4, 0.5) is 0 Å². The molecule has 70 valence electrons. The normalized spacial score (nSPS) is 37.2. The average Bonchev–Trinajstić information content (AvgIpc) is 2.87. The summed E-state index contributed by atoms with van der Waals surface area (Å²) in [6.07, 6.45) is 7.23. The third-order valence-electron chi connectivity index (χ3n) is 3.37. The zero-order valence-electron chi connectivity index (χ0n) is 7.87. The molecule has 0 saturated heterocycles. The fraction of sp³-hybridized carbons (Fsp3) is 1.00. The van der Waals surface area contributed by atoms with Crippen molar-refractivity contribution in [3.8, 4) is 0 Å². The van der Waals surface area contributed by atoms with Crippen LogP contribution in [-0.2, 0) is 0 Å². The van der Waals surface area contributed by atoms with Gasteiger partial charge in [-0.2, -0.15) is 0 Å². The van der Waals surface area contributed by atoms with Crippen LogP contribution in [-0.4, -0.2) is 35.2 Å². The summed E-state index contributed by atoms with van der Waals surface area (Å²) < 4.78 is 0. The fourth-order valence-electron chi connectivity index (χ4n) is 2.25. The van der Waals surface area contributed by atoms with Gasteiger partial charge in [-0.05, 0) is 45.6 Å². The summed E-state index contributed by atoms with van der Waals surface area (Å²) >= 11 is 0. The minimum Gasteiger partial charge on any atom is -0.393 e. The second kappa shape index (κ2) is 3.35. The number of aliphatic hydroxyl groups excluding tert-OH is 1. The molecule has 2 heteroatoms. The zero-order chi connectivity index (χ0) is 8.55. The molecule has 0 unspecified atom stereocenters. The molecular weight excluding hydrogens is 150 g/mol. The van der Waals surface area contributed by atoms with E-state index in [9.17, 15) is 5.11 Å². The van der Waals surface area contributed by atoms with Gasteiger partial charge in [0.15, 0.2) is 0 Å². The van der Waals surface area contributed by atoms with Gasteiger partial charge < -0.3 is 10.0 Å². The summed E-state index contributed by atoms with van der Waals surface area (Å²) in [7, 11) is 2.25. The first-order valence-electron chi connectivity index (χ1n) is 5.17. The van der Waals surface area contributed by atoms with Crippen LogP contribution >= 0.6 is 0 Å². The topological polar surface area (TPSA) is 23.5 Å². The molecule has 2 saturated carbocycles. The van der Waals surface area contributed by atoms with Crippen LogP contribution in [0.2, 0.25) is 0 Å². The van der Waals surface area contributed by atoms with Crippen LogP contribution in [0.3, 0.4) is 0 Å². The molecule has 0 bridgehead atoms. The molecule has 2 nitrogen and oxygen atoms in total. The van der Waals surface area contributed by atoms with Crippen LogP contribution in [0.25, 0.3) is 0 Å². The summed E-state index contributed by atoms with van der Waals surface area (Å²) in [5.74, 6) is 0. The number of nitrogens with zero attached hydrogens (tertiary/aromatic N) is 1. The monoisotopic (exact) mass is 169 g/mol. The third-order valence-corrected chi connectivity index (χ3v) is 3.37. The maximum Gasteiger partial charge on any atom is 0.0541 e. The Morgan fingerprint density at radius 2 is 1.33 bits per heavy atom. The van der Waals surface area contributed by atoms with E-state index >= 15 is 0 Å². The van der Waals surface area contributed by atoms with Crippen LogP contribution < -0.4 is 0 Å². The number of hydrogen-bond acceptors (Lipinski definition) is 2. The van der Waals surface area contributed by atoms with Crippen LogP contribution in [0, 0.1) is 0 Å². The number of aliphatic hydroxyl groups is 1. The molecule has 12 heavy (non-hydrogen) atoms. The van der Waals surface area contributed by atoms with Crippen molar-refractivity contribution in [1.29, 1.82) is 0 Å². The molecular formula is C10H19NO. The predicted octanol–water partition coefficient (Wildman–Crippen LogP) is 1.38. The van der Waals surface area contributed by atoms with E-state index in [-0.39, 0.29) is 6.10 Å². The molecule has 0 atom stereocenters. The average molecular weight is 169 g/mol. The van der Waals surface area contributed by atoms with E-state index in [0.29, 0.717) is 0 Å². The molecule has 2 fully saturated rings. The molecule has 2 rings (SSSR count). The van der Waals surface area contributed by atoms with Gasteiger partial charge in [0.25, 0.3) is 0 Å². The molecule has 0 heterocycles. The largest absolute Gasteiger partial charge is 0.393 e. The van der Waals surface area contributed by atoms with Gasteiger partial charge in [-0.25, -0.2) is 0 Å². The molecule has 0 aromatic carbocycles. The first-order chi connectivity index (χ1) is 5.77. The first-order valence-corrected chi connectivity index (χ1v) is 5.17. The van der Waals surface area contributed by atoms with Crippen LogP contribution in [0.1, 0.15) is 38.5 Å². The van der Waals surface area contributed by atoms with Crippen LogP contribution in [0.5, 0.6) is 0 Å². The molecule has 2 aliphatic rings. The summed E-state index contributed by atoms with van der Waals surface area (Å²) in [6.45, 7) is 0. The summed E-state index contributed by atoms with van der Waals surface area (Å²) in [4.78, 5) is 2.53. The lowest BCUT2D eigenvalue weighted by atomic mass is 9.92. The number of rotatable bonds is 2. The van der Waals surface area contributed by atoms with Gasteiger partial charge in [0.2, 0.25) is 0 Å². The van der Waals surface area contributed by atoms with E-state index in [0.717, 1.165) is 24.9 Å². The van der Waals surface area contributed by atoms with Gasteiger partial charge in [0, 0.05) is 12.1 Å². The number of hydrogen-bond donors (Lipinski definition) is 1. The van der Waals surface area contributed by atoms with Gasteiger partial charge in [0.05, 0.1) is 6.10 Å². The molecule has 0 aliphatic heterocycles. The Morgan fingerprint density at radius 1 is 0.917 bits per heavy atom. The van der Waals surface area contributed by atoms with Crippen molar-refractivity contribution < 1.29 is 5.11 Å². The lowest BCUT2D eigenvalue weighted by molar-refractivity contribution is 0.0816. The molecule has 1 N–H and O–H groups in total. The van der Waals surface area contributed by atoms with Gasteiger partial charge in [-0.1, -0.05) is 0 Å². The maximum atomic E-state index is 9.34. The molecule has 2 aliphatic carbocycles. The highest BCUT2D eigenvalue weighted by Gasteiger charge is 2.32. The molecule has 0 amide bonds. The molecule has 0 radical (unpaired) electrons. The molecule has 0 aromatic rings. The standard InChI is InChI=1S/C10H19NO/c1-11(8-2-3-8)9-4-6-10(12)7-5-9/h8-10,12H,2-7H2,1H3. The van der Waals surface area contributed by atoms with Gasteiger partial charge in [-0.15, -0.1) is 0 Å².